The first-order valence-corrected chi connectivity index (χ1v) is 13.4. The van der Waals surface area contributed by atoms with E-state index in [-0.39, 0.29) is 27.9 Å². The molecule has 0 aliphatic carbocycles. The predicted molar refractivity (Wildman–Crippen MR) is 151 cm³/mol. The summed E-state index contributed by atoms with van der Waals surface area (Å²) in [5, 5.41) is 12.0. The third-order valence-corrected chi connectivity index (χ3v) is 7.42. The molecule has 0 saturated carbocycles. The Kier molecular flexibility index (Phi) is 8.52. The van der Waals surface area contributed by atoms with E-state index in [1.807, 2.05) is 6.92 Å². The van der Waals surface area contributed by atoms with Gasteiger partial charge in [-0.2, -0.15) is 0 Å². The number of anilines is 1. The summed E-state index contributed by atoms with van der Waals surface area (Å²) < 4.78 is 10.8. The van der Waals surface area contributed by atoms with Crippen LogP contribution in [-0.2, 0) is 14.3 Å². The lowest BCUT2D eigenvalue weighted by Gasteiger charge is -2.23. The van der Waals surface area contributed by atoms with E-state index in [2.05, 4.69) is 11.6 Å². The molecule has 1 N–H and O–H groups in total. The number of ketones is 1. The Hall–Kier alpha value is -3.95. The number of hydrogen-bond acceptors (Lipinski definition) is 8. The minimum Gasteiger partial charge on any atom is -0.507 e. The SMILES string of the molecule is C=CCOC(=O)c1sc(N2C(=O)C(=O)C(=C(O)c3ccc(OCCC)cc3C)[C@@H]2c2cccc(Cl)c2)nc1C. The van der Waals surface area contributed by atoms with Gasteiger partial charge >= 0.3 is 11.9 Å². The van der Waals surface area contributed by atoms with Gasteiger partial charge in [0.05, 0.1) is 23.9 Å². The second-order valence-electron chi connectivity index (χ2n) is 8.85. The zero-order chi connectivity index (χ0) is 28.3. The standard InChI is InChI=1S/C29H27ClN2O6S/c1-5-12-37-20-10-11-21(16(3)14-20)24(33)22-23(18-8-7-9-19(30)15-18)32(27(35)25(22)34)29-31-17(4)26(39-29)28(36)38-13-6-2/h6-11,14-15,23,33H,2,5,12-13H2,1,3-4H3/t23-/m0/s1. The number of aromatic nitrogens is 1. The second kappa shape index (κ2) is 11.8. The number of aliphatic hydroxyl groups is 1. The van der Waals surface area contributed by atoms with Crippen molar-refractivity contribution in [1.29, 1.82) is 0 Å². The number of esters is 1. The van der Waals surface area contributed by atoms with Gasteiger partial charge in [-0.05, 0) is 61.7 Å². The zero-order valence-electron chi connectivity index (χ0n) is 21.7. The van der Waals surface area contributed by atoms with Crippen molar-refractivity contribution in [3.63, 3.8) is 0 Å². The highest BCUT2D eigenvalue weighted by Crippen LogP contribution is 2.44. The minimum atomic E-state index is -1.04. The summed E-state index contributed by atoms with van der Waals surface area (Å²) >= 11 is 7.20. The summed E-state index contributed by atoms with van der Waals surface area (Å²) in [4.78, 5) is 45.3. The number of Topliss-reactive ketones (excluding diaryl/α,β-unsaturated/α-hetero) is 1. The Balaban J connectivity index is 1.86. The Morgan fingerprint density at radius 3 is 2.67 bits per heavy atom. The smallest absolute Gasteiger partial charge is 0.350 e. The van der Waals surface area contributed by atoms with Crippen LogP contribution in [0, 0.1) is 13.8 Å². The van der Waals surface area contributed by atoms with E-state index in [4.69, 9.17) is 21.1 Å². The minimum absolute atomic E-state index is 0.0140. The number of halogens is 1. The maximum Gasteiger partial charge on any atom is 0.350 e. The van der Waals surface area contributed by atoms with Gasteiger partial charge in [-0.25, -0.2) is 9.78 Å². The molecule has 4 rings (SSSR count). The van der Waals surface area contributed by atoms with Crippen molar-refractivity contribution in [1.82, 2.24) is 4.98 Å². The number of thiazole rings is 1. The second-order valence-corrected chi connectivity index (χ2v) is 10.3. The fourth-order valence-corrected chi connectivity index (χ4v) is 5.44. The molecule has 0 bridgehead atoms. The van der Waals surface area contributed by atoms with Gasteiger partial charge in [0, 0.05) is 10.6 Å². The van der Waals surface area contributed by atoms with E-state index >= 15 is 0 Å². The normalized spacial score (nSPS) is 16.4. The molecule has 1 aliphatic heterocycles. The molecule has 202 valence electrons. The van der Waals surface area contributed by atoms with E-state index in [1.165, 1.54) is 11.0 Å². The van der Waals surface area contributed by atoms with Crippen LogP contribution in [0.5, 0.6) is 5.75 Å². The van der Waals surface area contributed by atoms with Crippen molar-refractivity contribution in [2.24, 2.45) is 0 Å². The van der Waals surface area contributed by atoms with Crippen molar-refractivity contribution < 1.29 is 29.0 Å². The molecule has 10 heteroatoms. The largest absolute Gasteiger partial charge is 0.507 e. The van der Waals surface area contributed by atoms with E-state index < -0.39 is 23.7 Å². The molecule has 0 unspecified atom stereocenters. The molecule has 39 heavy (non-hydrogen) atoms. The number of ether oxygens (including phenoxy) is 2. The average Bonchev–Trinajstić information content (AvgIpc) is 3.42. The maximum absolute atomic E-state index is 13.5. The van der Waals surface area contributed by atoms with E-state index in [9.17, 15) is 19.5 Å². The van der Waals surface area contributed by atoms with E-state index in [0.717, 1.165) is 17.8 Å². The van der Waals surface area contributed by atoms with Gasteiger partial charge in [-0.15, -0.1) is 0 Å². The highest BCUT2D eigenvalue weighted by Gasteiger charge is 2.48. The molecule has 1 atom stereocenters. The van der Waals surface area contributed by atoms with Gasteiger partial charge in [0.2, 0.25) is 0 Å². The van der Waals surface area contributed by atoms with Crippen LogP contribution in [0.4, 0.5) is 5.13 Å². The lowest BCUT2D eigenvalue weighted by Crippen LogP contribution is -2.29. The third kappa shape index (κ3) is 5.60. The van der Waals surface area contributed by atoms with Crippen molar-refractivity contribution in [2.75, 3.05) is 18.1 Å². The molecule has 8 nitrogen and oxygen atoms in total. The van der Waals surface area contributed by atoms with Crippen molar-refractivity contribution in [2.45, 2.75) is 33.2 Å². The Bertz CT molecular complexity index is 1490. The Morgan fingerprint density at radius 1 is 1.23 bits per heavy atom. The van der Waals surface area contributed by atoms with Crippen LogP contribution in [-0.4, -0.2) is 41.0 Å². The highest BCUT2D eigenvalue weighted by molar-refractivity contribution is 7.17. The first-order chi connectivity index (χ1) is 18.7. The molecule has 1 amide bonds. The number of rotatable bonds is 9. The number of aliphatic hydroxyl groups excluding tert-OH is 1. The number of amides is 1. The summed E-state index contributed by atoms with van der Waals surface area (Å²) in [7, 11) is 0. The number of nitrogens with zero attached hydrogens (tertiary/aromatic N) is 2. The molecule has 1 aliphatic rings. The number of carbonyl (C=O) groups excluding carboxylic acids is 3. The van der Waals surface area contributed by atoms with Gasteiger partial charge < -0.3 is 14.6 Å². The lowest BCUT2D eigenvalue weighted by atomic mass is 9.94. The summed E-state index contributed by atoms with van der Waals surface area (Å²) in [6.07, 6.45) is 2.28. The monoisotopic (exact) mass is 566 g/mol. The van der Waals surface area contributed by atoms with Crippen LogP contribution in [0.1, 0.15) is 51.4 Å². The predicted octanol–water partition coefficient (Wildman–Crippen LogP) is 6.17. The molecular weight excluding hydrogens is 540 g/mol. The van der Waals surface area contributed by atoms with Crippen LogP contribution in [0.2, 0.25) is 5.02 Å². The summed E-state index contributed by atoms with van der Waals surface area (Å²) in [6, 6.07) is 10.8. The summed E-state index contributed by atoms with van der Waals surface area (Å²) in [5.74, 6) is -2.09. The number of hydrogen-bond donors (Lipinski definition) is 1. The van der Waals surface area contributed by atoms with E-state index in [1.54, 1.807) is 56.3 Å². The van der Waals surface area contributed by atoms with E-state index in [0.29, 0.717) is 39.8 Å². The van der Waals surface area contributed by atoms with Gasteiger partial charge in [-0.1, -0.05) is 54.6 Å². The zero-order valence-corrected chi connectivity index (χ0v) is 23.3. The van der Waals surface area contributed by atoms with Gasteiger partial charge in [0.1, 0.15) is 23.0 Å². The molecule has 1 fully saturated rings. The van der Waals surface area contributed by atoms with Crippen LogP contribution >= 0.6 is 22.9 Å². The van der Waals surface area contributed by atoms with Crippen LogP contribution in [0.25, 0.3) is 5.76 Å². The number of carbonyl (C=O) groups is 3. The van der Waals surface area contributed by atoms with Crippen molar-refractivity contribution in [3.8, 4) is 5.75 Å². The van der Waals surface area contributed by atoms with Gasteiger partial charge in [0.15, 0.2) is 5.13 Å². The van der Waals surface area contributed by atoms with Crippen LogP contribution in [0.15, 0.2) is 60.7 Å². The quantitative estimate of drug-likeness (QED) is 0.108. The molecule has 0 spiro atoms. The molecule has 1 saturated heterocycles. The molecule has 2 aromatic carbocycles. The summed E-state index contributed by atoms with van der Waals surface area (Å²) in [6.45, 7) is 9.48. The van der Waals surface area contributed by atoms with Gasteiger partial charge in [-0.3, -0.25) is 14.5 Å². The van der Waals surface area contributed by atoms with Crippen molar-refractivity contribution >= 4 is 51.5 Å². The van der Waals surface area contributed by atoms with Crippen LogP contribution in [0.3, 0.4) is 0 Å². The topological polar surface area (TPSA) is 106 Å². The average molecular weight is 567 g/mol. The summed E-state index contributed by atoms with van der Waals surface area (Å²) in [5.41, 5.74) is 1.76. The fraction of sp³-hybridized carbons (Fsp3) is 0.241. The first-order valence-electron chi connectivity index (χ1n) is 12.2. The molecule has 2 heterocycles. The Labute approximate surface area is 235 Å². The van der Waals surface area contributed by atoms with Gasteiger partial charge in [0.25, 0.3) is 5.78 Å². The molecule has 0 radical (unpaired) electrons. The highest BCUT2D eigenvalue weighted by atomic mass is 35.5. The lowest BCUT2D eigenvalue weighted by molar-refractivity contribution is -0.132. The molecule has 3 aromatic rings. The maximum atomic E-state index is 13.5. The van der Waals surface area contributed by atoms with Crippen molar-refractivity contribution in [3.05, 3.63) is 93.0 Å². The van der Waals surface area contributed by atoms with Crippen LogP contribution < -0.4 is 9.64 Å². The third-order valence-electron chi connectivity index (χ3n) is 6.04. The number of benzene rings is 2. The fourth-order valence-electron chi connectivity index (χ4n) is 4.25. The Morgan fingerprint density at radius 2 is 2.00 bits per heavy atom. The molecule has 1 aromatic heterocycles. The number of aryl methyl sites for hydroxylation is 2. The molecular formula is C29H27ClN2O6S. The first kappa shape index (κ1) is 28.1.